The standard InChI is InChI=1S/C29H47F4N5O/c1-17-12-20(7-8-24(17)30)25(19-5-6-19)36-27(39)22-14-18(16-38-11-10-37(2)28(38)34)13-21(15-22)23-4-3-9-35-26(23)29(31,32)33/h17-26,34-35H,3-16H2,1-2H3,(H,36,39)/t17?,18?,20?,21?,22?,23?,24?,25-,26?/m0/s1. The number of nitrogens with one attached hydrogen (secondary N) is 3. The predicted molar refractivity (Wildman–Crippen MR) is 143 cm³/mol. The van der Waals surface area contributed by atoms with Crippen LogP contribution in [0.3, 0.4) is 0 Å². The summed E-state index contributed by atoms with van der Waals surface area (Å²) in [7, 11) is 1.89. The maximum atomic E-state index is 14.2. The van der Waals surface area contributed by atoms with Crippen molar-refractivity contribution in [3.63, 3.8) is 0 Å². The molecule has 0 aromatic rings. The molecule has 39 heavy (non-hydrogen) atoms. The van der Waals surface area contributed by atoms with Gasteiger partial charge in [0.25, 0.3) is 0 Å². The molecule has 0 spiro atoms. The molecular weight excluding hydrogens is 510 g/mol. The van der Waals surface area contributed by atoms with Gasteiger partial charge in [-0.15, -0.1) is 0 Å². The number of hydrogen-bond donors (Lipinski definition) is 3. The minimum Gasteiger partial charge on any atom is -0.353 e. The molecule has 5 rings (SSSR count). The molecule has 2 saturated heterocycles. The average molecular weight is 558 g/mol. The first-order valence-electron chi connectivity index (χ1n) is 15.3. The highest BCUT2D eigenvalue weighted by atomic mass is 19.4. The van der Waals surface area contributed by atoms with E-state index < -0.39 is 24.3 Å². The molecule has 5 aliphatic rings. The van der Waals surface area contributed by atoms with Gasteiger partial charge in [-0.05, 0) is 106 Å². The highest BCUT2D eigenvalue weighted by Gasteiger charge is 2.50. The highest BCUT2D eigenvalue weighted by Crippen LogP contribution is 2.46. The highest BCUT2D eigenvalue weighted by molar-refractivity contribution is 5.79. The van der Waals surface area contributed by atoms with Crippen LogP contribution in [0.4, 0.5) is 17.6 Å². The Bertz CT molecular complexity index is 882. The van der Waals surface area contributed by atoms with Gasteiger partial charge < -0.3 is 20.4 Å². The van der Waals surface area contributed by atoms with E-state index in [-0.39, 0.29) is 41.5 Å². The SMILES string of the molecule is CC1CC([C@@H](NC(=O)C2CC(CN3CCN(C)C3=N)CC(C3CCCNC3C(F)(F)F)C2)C2CC2)CCC1F. The number of likely N-dealkylation sites (N-methyl/N-ethyl adjacent to an activating group) is 1. The Morgan fingerprint density at radius 3 is 2.46 bits per heavy atom. The van der Waals surface area contributed by atoms with Crippen molar-refractivity contribution in [2.24, 2.45) is 41.4 Å². The third kappa shape index (κ3) is 6.67. The Morgan fingerprint density at radius 1 is 1.08 bits per heavy atom. The minimum atomic E-state index is -4.31. The van der Waals surface area contributed by atoms with Crippen LogP contribution in [0.15, 0.2) is 0 Å². The van der Waals surface area contributed by atoms with Gasteiger partial charge in [0.1, 0.15) is 12.2 Å². The van der Waals surface area contributed by atoms with Crippen LogP contribution in [0, 0.1) is 46.8 Å². The van der Waals surface area contributed by atoms with E-state index in [4.69, 9.17) is 5.41 Å². The number of amides is 1. The van der Waals surface area contributed by atoms with Crippen molar-refractivity contribution in [3.05, 3.63) is 0 Å². The second kappa shape index (κ2) is 11.7. The molecule has 222 valence electrons. The second-order valence-corrected chi connectivity index (χ2v) is 13.4. The van der Waals surface area contributed by atoms with Crippen LogP contribution < -0.4 is 10.6 Å². The summed E-state index contributed by atoms with van der Waals surface area (Å²) in [6.45, 7) is 4.46. The van der Waals surface area contributed by atoms with Crippen LogP contribution >= 0.6 is 0 Å². The Morgan fingerprint density at radius 2 is 1.82 bits per heavy atom. The maximum Gasteiger partial charge on any atom is 0.404 e. The summed E-state index contributed by atoms with van der Waals surface area (Å²) in [5.41, 5.74) is 0. The molecule has 2 aliphatic heterocycles. The molecule has 0 radical (unpaired) electrons. The predicted octanol–water partition coefficient (Wildman–Crippen LogP) is 4.80. The molecule has 3 saturated carbocycles. The van der Waals surface area contributed by atoms with Gasteiger partial charge in [-0.1, -0.05) is 6.92 Å². The van der Waals surface area contributed by atoms with Crippen molar-refractivity contribution in [1.29, 1.82) is 5.41 Å². The number of piperidine rings is 1. The van der Waals surface area contributed by atoms with Gasteiger partial charge >= 0.3 is 6.18 Å². The van der Waals surface area contributed by atoms with Gasteiger partial charge in [-0.2, -0.15) is 13.2 Å². The Balaban J connectivity index is 1.32. The maximum absolute atomic E-state index is 14.2. The molecule has 2 heterocycles. The summed E-state index contributed by atoms with van der Waals surface area (Å²) in [6.07, 6.45) is 2.25. The van der Waals surface area contributed by atoms with Crippen LogP contribution in [-0.2, 0) is 4.79 Å². The van der Waals surface area contributed by atoms with Gasteiger partial charge in [0.2, 0.25) is 5.91 Å². The van der Waals surface area contributed by atoms with Gasteiger partial charge in [0.15, 0.2) is 5.96 Å². The number of hydrogen-bond acceptors (Lipinski definition) is 3. The zero-order valence-corrected chi connectivity index (χ0v) is 23.5. The summed E-state index contributed by atoms with van der Waals surface area (Å²) in [4.78, 5) is 17.8. The molecule has 5 fully saturated rings. The van der Waals surface area contributed by atoms with Crippen LogP contribution in [0.2, 0.25) is 0 Å². The second-order valence-electron chi connectivity index (χ2n) is 13.4. The molecule has 8 unspecified atom stereocenters. The first-order chi connectivity index (χ1) is 18.5. The summed E-state index contributed by atoms with van der Waals surface area (Å²) in [5.74, 6) is 0.185. The fourth-order valence-corrected chi connectivity index (χ4v) is 8.28. The van der Waals surface area contributed by atoms with Crippen molar-refractivity contribution in [2.45, 2.75) is 95.6 Å². The first kappa shape index (κ1) is 28.9. The Kier molecular flexibility index (Phi) is 8.70. The van der Waals surface area contributed by atoms with Crippen LogP contribution in [0.1, 0.15) is 71.1 Å². The number of nitrogens with zero attached hydrogens (tertiary/aromatic N) is 2. The number of carbonyl (C=O) groups is 1. The topological polar surface area (TPSA) is 71.5 Å². The zero-order valence-electron chi connectivity index (χ0n) is 23.5. The zero-order chi connectivity index (χ0) is 27.9. The van der Waals surface area contributed by atoms with Gasteiger partial charge in [-0.3, -0.25) is 10.2 Å². The van der Waals surface area contributed by atoms with E-state index in [0.29, 0.717) is 57.1 Å². The van der Waals surface area contributed by atoms with E-state index in [0.717, 1.165) is 45.2 Å². The van der Waals surface area contributed by atoms with Crippen molar-refractivity contribution in [1.82, 2.24) is 20.4 Å². The largest absolute Gasteiger partial charge is 0.404 e. The molecule has 3 aliphatic carbocycles. The van der Waals surface area contributed by atoms with Crippen LogP contribution in [-0.4, -0.2) is 79.3 Å². The first-order valence-corrected chi connectivity index (χ1v) is 15.3. The number of halogens is 4. The van der Waals surface area contributed by atoms with Crippen LogP contribution in [0.25, 0.3) is 0 Å². The van der Waals surface area contributed by atoms with Crippen molar-refractivity contribution < 1.29 is 22.4 Å². The molecule has 0 aromatic heterocycles. The quantitative estimate of drug-likeness (QED) is 0.394. The summed E-state index contributed by atoms with van der Waals surface area (Å²) in [6, 6.07) is -1.47. The summed E-state index contributed by atoms with van der Waals surface area (Å²) >= 11 is 0. The average Bonchev–Trinajstić information content (AvgIpc) is 3.70. The Hall–Kier alpha value is -1.58. The third-order valence-electron chi connectivity index (χ3n) is 10.6. The molecular formula is C29H47F4N5O. The lowest BCUT2D eigenvalue weighted by Gasteiger charge is -2.45. The monoisotopic (exact) mass is 557 g/mol. The van der Waals surface area contributed by atoms with E-state index in [1.807, 2.05) is 23.8 Å². The third-order valence-corrected chi connectivity index (χ3v) is 10.6. The number of guanidine groups is 1. The lowest BCUT2D eigenvalue weighted by atomic mass is 9.66. The van der Waals surface area contributed by atoms with E-state index >= 15 is 0 Å². The van der Waals surface area contributed by atoms with Crippen molar-refractivity contribution in [3.8, 4) is 0 Å². The number of alkyl halides is 4. The normalized spacial score (nSPS) is 39.1. The molecule has 1 amide bonds. The lowest BCUT2D eigenvalue weighted by molar-refractivity contribution is -0.179. The van der Waals surface area contributed by atoms with E-state index in [1.165, 1.54) is 0 Å². The van der Waals surface area contributed by atoms with Crippen molar-refractivity contribution in [2.75, 3.05) is 33.2 Å². The number of rotatable bonds is 7. The molecule has 0 bridgehead atoms. The minimum absolute atomic E-state index is 0.00245. The lowest BCUT2D eigenvalue weighted by Crippen LogP contribution is -2.55. The molecule has 10 heteroatoms. The fourth-order valence-electron chi connectivity index (χ4n) is 8.28. The number of carbonyl (C=O) groups excluding carboxylic acids is 1. The molecule has 0 aromatic carbocycles. The van der Waals surface area contributed by atoms with Crippen LogP contribution in [0.5, 0.6) is 0 Å². The molecule has 9 atom stereocenters. The summed E-state index contributed by atoms with van der Waals surface area (Å²) in [5, 5.41) is 14.5. The summed E-state index contributed by atoms with van der Waals surface area (Å²) < 4.78 is 56.3. The van der Waals surface area contributed by atoms with Gasteiger partial charge in [0.05, 0.1) is 0 Å². The van der Waals surface area contributed by atoms with Gasteiger partial charge in [0, 0.05) is 38.6 Å². The Labute approximate surface area is 230 Å². The van der Waals surface area contributed by atoms with Gasteiger partial charge in [-0.25, -0.2) is 4.39 Å². The molecule has 3 N–H and O–H groups in total. The fraction of sp³-hybridized carbons (Fsp3) is 0.931. The molecule has 6 nitrogen and oxygen atoms in total. The van der Waals surface area contributed by atoms with E-state index in [2.05, 4.69) is 10.6 Å². The van der Waals surface area contributed by atoms with Crippen molar-refractivity contribution >= 4 is 11.9 Å². The van der Waals surface area contributed by atoms with E-state index in [9.17, 15) is 22.4 Å². The smallest absolute Gasteiger partial charge is 0.353 e. The van der Waals surface area contributed by atoms with E-state index in [1.54, 1.807) is 0 Å².